The van der Waals surface area contributed by atoms with E-state index in [1.807, 2.05) is 30.6 Å². The van der Waals surface area contributed by atoms with Gasteiger partial charge in [0.05, 0.1) is 7.11 Å². The van der Waals surface area contributed by atoms with E-state index in [0.29, 0.717) is 0 Å². The largest absolute Gasteiger partial charge is 0.497 e. The van der Waals surface area contributed by atoms with E-state index in [1.54, 1.807) is 7.11 Å². The molecule has 0 atom stereocenters. The molecular weight excluding hydrogens is 238 g/mol. The normalized spacial score (nSPS) is 10.4. The highest BCUT2D eigenvalue weighted by Crippen LogP contribution is 2.14. The third-order valence-corrected chi connectivity index (χ3v) is 3.05. The SMILES string of the molecule is CCCCn1ccnc1NCc1cccc(OC)c1. The summed E-state index contributed by atoms with van der Waals surface area (Å²) in [5.41, 5.74) is 1.18. The minimum absolute atomic E-state index is 0.750. The van der Waals surface area contributed by atoms with Crippen LogP contribution in [0.15, 0.2) is 36.7 Å². The molecule has 2 rings (SSSR count). The first-order chi connectivity index (χ1) is 9.33. The lowest BCUT2D eigenvalue weighted by atomic mass is 10.2. The highest BCUT2D eigenvalue weighted by molar-refractivity contribution is 5.33. The molecule has 0 bridgehead atoms. The van der Waals surface area contributed by atoms with Gasteiger partial charge in [-0.05, 0) is 24.1 Å². The Kier molecular flexibility index (Phi) is 4.84. The van der Waals surface area contributed by atoms with Crippen LogP contribution in [0.1, 0.15) is 25.3 Å². The molecule has 0 amide bonds. The van der Waals surface area contributed by atoms with Gasteiger partial charge in [0.25, 0.3) is 0 Å². The molecule has 0 unspecified atom stereocenters. The molecule has 2 aromatic rings. The van der Waals surface area contributed by atoms with E-state index in [0.717, 1.165) is 24.8 Å². The first kappa shape index (κ1) is 13.5. The molecule has 1 aromatic heterocycles. The zero-order valence-electron chi connectivity index (χ0n) is 11.6. The van der Waals surface area contributed by atoms with Crippen LogP contribution in [0, 0.1) is 0 Å². The molecule has 1 heterocycles. The summed E-state index contributed by atoms with van der Waals surface area (Å²) in [5.74, 6) is 1.81. The monoisotopic (exact) mass is 259 g/mol. The van der Waals surface area contributed by atoms with E-state index < -0.39 is 0 Å². The average Bonchev–Trinajstić information content (AvgIpc) is 2.90. The minimum Gasteiger partial charge on any atom is -0.497 e. The van der Waals surface area contributed by atoms with Gasteiger partial charge >= 0.3 is 0 Å². The van der Waals surface area contributed by atoms with Crippen LogP contribution in [0.4, 0.5) is 5.95 Å². The van der Waals surface area contributed by atoms with E-state index in [1.165, 1.54) is 18.4 Å². The third kappa shape index (κ3) is 3.74. The fourth-order valence-corrected chi connectivity index (χ4v) is 1.95. The molecular formula is C15H21N3O. The Hall–Kier alpha value is -1.97. The smallest absolute Gasteiger partial charge is 0.203 e. The highest BCUT2D eigenvalue weighted by Gasteiger charge is 2.02. The molecule has 4 nitrogen and oxygen atoms in total. The Bertz CT molecular complexity index is 508. The van der Waals surface area contributed by atoms with E-state index >= 15 is 0 Å². The number of hydrogen-bond acceptors (Lipinski definition) is 3. The number of benzene rings is 1. The second-order valence-corrected chi connectivity index (χ2v) is 4.50. The summed E-state index contributed by atoms with van der Waals surface area (Å²) in [7, 11) is 1.68. The van der Waals surface area contributed by atoms with Crippen molar-refractivity contribution in [1.82, 2.24) is 9.55 Å². The van der Waals surface area contributed by atoms with Crippen LogP contribution >= 0.6 is 0 Å². The molecule has 102 valence electrons. The molecule has 0 radical (unpaired) electrons. The quantitative estimate of drug-likeness (QED) is 0.829. The molecule has 0 fully saturated rings. The van der Waals surface area contributed by atoms with Gasteiger partial charge in [-0.25, -0.2) is 4.98 Å². The van der Waals surface area contributed by atoms with Crippen LogP contribution in [0.5, 0.6) is 5.75 Å². The number of aryl methyl sites for hydroxylation is 1. The second kappa shape index (κ2) is 6.83. The van der Waals surface area contributed by atoms with Crippen molar-refractivity contribution < 1.29 is 4.74 Å². The number of aromatic nitrogens is 2. The first-order valence-electron chi connectivity index (χ1n) is 6.71. The highest BCUT2D eigenvalue weighted by atomic mass is 16.5. The molecule has 4 heteroatoms. The maximum absolute atomic E-state index is 5.22. The fraction of sp³-hybridized carbons (Fsp3) is 0.400. The van der Waals surface area contributed by atoms with E-state index in [2.05, 4.69) is 27.9 Å². The van der Waals surface area contributed by atoms with Gasteiger partial charge in [0.1, 0.15) is 5.75 Å². The Balaban J connectivity index is 1.96. The van der Waals surface area contributed by atoms with Gasteiger partial charge in [0, 0.05) is 25.5 Å². The average molecular weight is 259 g/mol. The van der Waals surface area contributed by atoms with Crippen molar-refractivity contribution in [2.24, 2.45) is 0 Å². The molecule has 19 heavy (non-hydrogen) atoms. The first-order valence-corrected chi connectivity index (χ1v) is 6.71. The number of imidazole rings is 1. The number of anilines is 1. The lowest BCUT2D eigenvalue weighted by Gasteiger charge is -2.10. The summed E-state index contributed by atoms with van der Waals surface area (Å²) in [6.45, 7) is 3.96. The second-order valence-electron chi connectivity index (χ2n) is 4.50. The van der Waals surface area contributed by atoms with Gasteiger partial charge in [0.15, 0.2) is 0 Å². The maximum atomic E-state index is 5.22. The lowest BCUT2D eigenvalue weighted by molar-refractivity contribution is 0.414. The number of nitrogens with zero attached hydrogens (tertiary/aromatic N) is 2. The molecule has 1 aromatic carbocycles. The van der Waals surface area contributed by atoms with Gasteiger partial charge in [-0.1, -0.05) is 25.5 Å². The number of unbranched alkanes of at least 4 members (excludes halogenated alkanes) is 1. The van der Waals surface area contributed by atoms with Gasteiger partial charge in [-0.2, -0.15) is 0 Å². The molecule has 0 spiro atoms. The molecule has 0 saturated heterocycles. The molecule has 1 N–H and O–H groups in total. The molecule has 0 aliphatic carbocycles. The zero-order valence-corrected chi connectivity index (χ0v) is 11.6. The fourth-order valence-electron chi connectivity index (χ4n) is 1.95. The van der Waals surface area contributed by atoms with Gasteiger partial charge in [0.2, 0.25) is 5.95 Å². The van der Waals surface area contributed by atoms with Crippen molar-refractivity contribution in [2.45, 2.75) is 32.9 Å². The Morgan fingerprint density at radius 3 is 3.05 bits per heavy atom. The van der Waals surface area contributed by atoms with E-state index in [-0.39, 0.29) is 0 Å². The Labute approximate surface area is 114 Å². The minimum atomic E-state index is 0.750. The van der Waals surface area contributed by atoms with Gasteiger partial charge in [-0.3, -0.25) is 0 Å². The van der Waals surface area contributed by atoms with Crippen LogP contribution in [0.2, 0.25) is 0 Å². The van der Waals surface area contributed by atoms with Gasteiger partial charge < -0.3 is 14.6 Å². The van der Waals surface area contributed by atoms with Crippen LogP contribution in [0.3, 0.4) is 0 Å². The number of rotatable bonds is 7. The van der Waals surface area contributed by atoms with Crippen molar-refractivity contribution in [3.8, 4) is 5.75 Å². The number of ether oxygens (including phenoxy) is 1. The summed E-state index contributed by atoms with van der Waals surface area (Å²) in [4.78, 5) is 4.35. The van der Waals surface area contributed by atoms with E-state index in [9.17, 15) is 0 Å². The topological polar surface area (TPSA) is 39.1 Å². The van der Waals surface area contributed by atoms with Crippen molar-refractivity contribution in [3.05, 3.63) is 42.2 Å². The predicted octanol–water partition coefficient (Wildman–Crippen LogP) is 3.30. The Morgan fingerprint density at radius 1 is 1.37 bits per heavy atom. The third-order valence-electron chi connectivity index (χ3n) is 3.05. The van der Waals surface area contributed by atoms with Crippen LogP contribution in [0.25, 0.3) is 0 Å². The standard InChI is InChI=1S/C15H21N3O/c1-3-4-9-18-10-8-16-15(18)17-12-13-6-5-7-14(11-13)19-2/h5-8,10-11H,3-4,9,12H2,1-2H3,(H,16,17). The summed E-state index contributed by atoms with van der Waals surface area (Å²) in [6, 6.07) is 8.06. The number of methoxy groups -OCH3 is 1. The van der Waals surface area contributed by atoms with Crippen molar-refractivity contribution in [3.63, 3.8) is 0 Å². The van der Waals surface area contributed by atoms with Crippen molar-refractivity contribution in [2.75, 3.05) is 12.4 Å². The lowest BCUT2D eigenvalue weighted by Crippen LogP contribution is -2.07. The predicted molar refractivity (Wildman–Crippen MR) is 77.5 cm³/mol. The van der Waals surface area contributed by atoms with E-state index in [4.69, 9.17) is 4.74 Å². The van der Waals surface area contributed by atoms with Crippen LogP contribution in [-0.4, -0.2) is 16.7 Å². The Morgan fingerprint density at radius 2 is 2.26 bits per heavy atom. The van der Waals surface area contributed by atoms with Gasteiger partial charge in [-0.15, -0.1) is 0 Å². The van der Waals surface area contributed by atoms with Crippen molar-refractivity contribution >= 4 is 5.95 Å². The van der Waals surface area contributed by atoms with Crippen molar-refractivity contribution in [1.29, 1.82) is 0 Å². The summed E-state index contributed by atoms with van der Waals surface area (Å²) >= 11 is 0. The molecule has 0 aliphatic heterocycles. The van der Waals surface area contributed by atoms with Crippen LogP contribution in [-0.2, 0) is 13.1 Å². The molecule has 0 aliphatic rings. The van der Waals surface area contributed by atoms with Crippen LogP contribution < -0.4 is 10.1 Å². The number of hydrogen-bond donors (Lipinski definition) is 1. The summed E-state index contributed by atoms with van der Waals surface area (Å²) < 4.78 is 7.38. The number of nitrogens with one attached hydrogen (secondary N) is 1. The summed E-state index contributed by atoms with van der Waals surface area (Å²) in [5, 5.41) is 3.37. The summed E-state index contributed by atoms with van der Waals surface area (Å²) in [6.07, 6.45) is 6.21. The maximum Gasteiger partial charge on any atom is 0.203 e. The molecule has 0 saturated carbocycles. The zero-order chi connectivity index (χ0) is 13.5.